The standard InChI is InChI=1S/C13H18BrN3O3/c1-13(2,3)20-12(19)17-9(11(15)18)6-8-4-5-10(14)16-7-8/h4-5,7,9H,6H2,1-3H3,(H2,15,18)(H,17,19)/t9-/m0/s1. The molecule has 20 heavy (non-hydrogen) atoms. The fraction of sp³-hybridized carbons (Fsp3) is 0.462. The lowest BCUT2D eigenvalue weighted by Crippen LogP contribution is -2.47. The number of amides is 2. The number of nitrogens with zero attached hydrogens (tertiary/aromatic N) is 1. The largest absolute Gasteiger partial charge is 0.444 e. The molecule has 1 heterocycles. The fourth-order valence-corrected chi connectivity index (χ4v) is 1.67. The number of hydrogen-bond donors (Lipinski definition) is 2. The number of nitrogens with two attached hydrogens (primary N) is 1. The summed E-state index contributed by atoms with van der Waals surface area (Å²) in [5, 5.41) is 2.46. The normalized spacial score (nSPS) is 12.6. The lowest BCUT2D eigenvalue weighted by molar-refractivity contribution is -0.120. The second kappa shape index (κ2) is 6.69. The molecule has 0 aromatic carbocycles. The van der Waals surface area contributed by atoms with E-state index in [2.05, 4.69) is 26.2 Å². The lowest BCUT2D eigenvalue weighted by Gasteiger charge is -2.22. The summed E-state index contributed by atoms with van der Waals surface area (Å²) in [7, 11) is 0. The number of hydrogen-bond acceptors (Lipinski definition) is 4. The molecule has 2 amide bonds. The lowest BCUT2D eigenvalue weighted by atomic mass is 10.1. The number of halogens is 1. The Morgan fingerprint density at radius 3 is 2.55 bits per heavy atom. The van der Waals surface area contributed by atoms with Crippen molar-refractivity contribution in [3.8, 4) is 0 Å². The highest BCUT2D eigenvalue weighted by atomic mass is 79.9. The molecule has 0 bridgehead atoms. The molecule has 1 aromatic rings. The summed E-state index contributed by atoms with van der Waals surface area (Å²) in [5.41, 5.74) is 5.44. The Labute approximate surface area is 126 Å². The molecule has 1 atom stereocenters. The second-order valence-electron chi connectivity index (χ2n) is 5.29. The fourth-order valence-electron chi connectivity index (χ4n) is 1.44. The molecule has 0 saturated carbocycles. The van der Waals surface area contributed by atoms with E-state index in [1.165, 1.54) is 0 Å². The molecule has 6 nitrogen and oxygen atoms in total. The van der Waals surface area contributed by atoms with Crippen LogP contribution < -0.4 is 11.1 Å². The maximum atomic E-state index is 11.7. The predicted octanol–water partition coefficient (Wildman–Crippen LogP) is 1.77. The van der Waals surface area contributed by atoms with Gasteiger partial charge in [0.25, 0.3) is 0 Å². The third-order valence-corrected chi connectivity index (χ3v) is 2.73. The number of pyridine rings is 1. The SMILES string of the molecule is CC(C)(C)OC(=O)N[C@@H](Cc1ccc(Br)nc1)C(N)=O. The minimum absolute atomic E-state index is 0.259. The van der Waals surface area contributed by atoms with Gasteiger partial charge in [-0.3, -0.25) is 4.79 Å². The van der Waals surface area contributed by atoms with Crippen LogP contribution in [0.4, 0.5) is 4.79 Å². The summed E-state index contributed by atoms with van der Waals surface area (Å²) in [4.78, 5) is 27.1. The van der Waals surface area contributed by atoms with E-state index < -0.39 is 23.6 Å². The molecule has 1 aromatic heterocycles. The zero-order valence-electron chi connectivity index (χ0n) is 11.6. The number of primary amides is 1. The first-order valence-electron chi connectivity index (χ1n) is 6.06. The van der Waals surface area contributed by atoms with Gasteiger partial charge in [-0.15, -0.1) is 0 Å². The van der Waals surface area contributed by atoms with Gasteiger partial charge in [0.15, 0.2) is 0 Å². The third kappa shape index (κ3) is 6.01. The minimum Gasteiger partial charge on any atom is -0.444 e. The number of carbonyl (C=O) groups is 2. The van der Waals surface area contributed by atoms with Crippen LogP contribution in [0.1, 0.15) is 26.3 Å². The molecular weight excluding hydrogens is 326 g/mol. The van der Waals surface area contributed by atoms with Crippen LogP contribution in [0, 0.1) is 0 Å². The Bertz CT molecular complexity index is 483. The van der Waals surface area contributed by atoms with Crippen molar-refractivity contribution in [3.05, 3.63) is 28.5 Å². The highest BCUT2D eigenvalue weighted by Gasteiger charge is 2.23. The van der Waals surface area contributed by atoms with E-state index in [1.54, 1.807) is 39.1 Å². The van der Waals surface area contributed by atoms with E-state index in [0.717, 1.165) is 5.56 Å². The monoisotopic (exact) mass is 343 g/mol. The molecule has 0 aliphatic heterocycles. The maximum absolute atomic E-state index is 11.7. The van der Waals surface area contributed by atoms with E-state index in [0.29, 0.717) is 4.60 Å². The molecule has 0 saturated heterocycles. The van der Waals surface area contributed by atoms with Crippen molar-refractivity contribution in [1.29, 1.82) is 0 Å². The zero-order valence-corrected chi connectivity index (χ0v) is 13.2. The second-order valence-corrected chi connectivity index (χ2v) is 6.11. The van der Waals surface area contributed by atoms with E-state index in [4.69, 9.17) is 10.5 Å². The van der Waals surface area contributed by atoms with Gasteiger partial charge >= 0.3 is 6.09 Å². The quantitative estimate of drug-likeness (QED) is 0.814. The molecule has 3 N–H and O–H groups in total. The van der Waals surface area contributed by atoms with Gasteiger partial charge in [0.05, 0.1) is 0 Å². The van der Waals surface area contributed by atoms with Crippen molar-refractivity contribution in [2.45, 2.75) is 38.8 Å². The molecule has 110 valence electrons. The number of rotatable bonds is 4. The van der Waals surface area contributed by atoms with E-state index >= 15 is 0 Å². The van der Waals surface area contributed by atoms with Crippen LogP contribution in [0.3, 0.4) is 0 Å². The maximum Gasteiger partial charge on any atom is 0.408 e. The molecule has 0 fully saturated rings. The minimum atomic E-state index is -0.840. The molecule has 0 aliphatic carbocycles. The van der Waals surface area contributed by atoms with Crippen molar-refractivity contribution in [2.75, 3.05) is 0 Å². The molecular formula is C13H18BrN3O3. The van der Waals surface area contributed by atoms with Crippen molar-refractivity contribution in [2.24, 2.45) is 5.73 Å². The Morgan fingerprint density at radius 2 is 2.10 bits per heavy atom. The topological polar surface area (TPSA) is 94.3 Å². The summed E-state index contributed by atoms with van der Waals surface area (Å²) < 4.78 is 5.79. The summed E-state index contributed by atoms with van der Waals surface area (Å²) in [5.74, 6) is -0.626. The van der Waals surface area contributed by atoms with Gasteiger partial charge in [0, 0.05) is 12.6 Å². The van der Waals surface area contributed by atoms with Crippen LogP contribution in [0.15, 0.2) is 22.9 Å². The van der Waals surface area contributed by atoms with Gasteiger partial charge < -0.3 is 15.8 Å². The van der Waals surface area contributed by atoms with Crippen LogP contribution in [0.2, 0.25) is 0 Å². The molecule has 0 unspecified atom stereocenters. The summed E-state index contributed by atoms with van der Waals surface area (Å²) in [6.45, 7) is 5.22. The summed E-state index contributed by atoms with van der Waals surface area (Å²) in [6.07, 6.45) is 1.19. The summed E-state index contributed by atoms with van der Waals surface area (Å²) in [6, 6.07) is 2.71. The Hall–Kier alpha value is -1.63. The van der Waals surface area contributed by atoms with Gasteiger partial charge in [-0.2, -0.15) is 0 Å². The van der Waals surface area contributed by atoms with Gasteiger partial charge in [0.1, 0.15) is 16.2 Å². The first-order chi connectivity index (χ1) is 9.17. The molecule has 0 spiro atoms. The van der Waals surface area contributed by atoms with Crippen molar-refractivity contribution < 1.29 is 14.3 Å². The molecule has 0 radical (unpaired) electrons. The van der Waals surface area contributed by atoms with E-state index in [1.807, 2.05) is 0 Å². The highest BCUT2D eigenvalue weighted by molar-refractivity contribution is 9.10. The van der Waals surface area contributed by atoms with Crippen LogP contribution in [-0.4, -0.2) is 28.6 Å². The van der Waals surface area contributed by atoms with E-state index in [9.17, 15) is 9.59 Å². The number of ether oxygens (including phenoxy) is 1. The first-order valence-corrected chi connectivity index (χ1v) is 6.86. The van der Waals surface area contributed by atoms with Gasteiger partial charge in [-0.25, -0.2) is 9.78 Å². The Balaban J connectivity index is 2.68. The number of alkyl carbamates (subject to hydrolysis) is 1. The van der Waals surface area contributed by atoms with Gasteiger partial charge in [-0.05, 0) is 48.3 Å². The average Bonchev–Trinajstić information content (AvgIpc) is 2.28. The van der Waals surface area contributed by atoms with Crippen molar-refractivity contribution >= 4 is 27.9 Å². The van der Waals surface area contributed by atoms with Gasteiger partial charge in [-0.1, -0.05) is 6.07 Å². The molecule has 7 heteroatoms. The van der Waals surface area contributed by atoms with Crippen LogP contribution in [-0.2, 0) is 16.0 Å². The van der Waals surface area contributed by atoms with E-state index in [-0.39, 0.29) is 6.42 Å². The zero-order chi connectivity index (χ0) is 15.3. The average molecular weight is 344 g/mol. The Kier molecular flexibility index (Phi) is 5.50. The van der Waals surface area contributed by atoms with Crippen molar-refractivity contribution in [3.63, 3.8) is 0 Å². The molecule has 0 aliphatic rings. The smallest absolute Gasteiger partial charge is 0.408 e. The van der Waals surface area contributed by atoms with Crippen molar-refractivity contribution in [1.82, 2.24) is 10.3 Å². The number of aromatic nitrogens is 1. The van der Waals surface area contributed by atoms with Crippen LogP contribution in [0.25, 0.3) is 0 Å². The highest BCUT2D eigenvalue weighted by Crippen LogP contribution is 2.10. The number of nitrogens with one attached hydrogen (secondary N) is 1. The third-order valence-electron chi connectivity index (χ3n) is 2.26. The molecule has 1 rings (SSSR count). The Morgan fingerprint density at radius 1 is 1.45 bits per heavy atom. The first kappa shape index (κ1) is 16.4. The number of carbonyl (C=O) groups excluding carboxylic acids is 2. The summed E-state index contributed by atoms with van der Waals surface area (Å²) >= 11 is 3.22. The van der Waals surface area contributed by atoms with Crippen LogP contribution in [0.5, 0.6) is 0 Å². The van der Waals surface area contributed by atoms with Crippen LogP contribution >= 0.6 is 15.9 Å². The van der Waals surface area contributed by atoms with Gasteiger partial charge in [0.2, 0.25) is 5.91 Å². The predicted molar refractivity (Wildman–Crippen MR) is 78.0 cm³/mol.